The lowest BCUT2D eigenvalue weighted by Gasteiger charge is -2.28. The first-order chi connectivity index (χ1) is 16.6. The molecule has 2 aromatic rings. The van der Waals surface area contributed by atoms with Crippen LogP contribution in [0.2, 0.25) is 0 Å². The topological polar surface area (TPSA) is 87.9 Å². The first-order valence-electron chi connectivity index (χ1n) is 11.2. The Bertz CT molecular complexity index is 1270. The minimum atomic E-state index is -3.17. The zero-order chi connectivity index (χ0) is 25.2. The van der Waals surface area contributed by atoms with Gasteiger partial charge < -0.3 is 9.32 Å². The Hall–Kier alpha value is -2.50. The van der Waals surface area contributed by atoms with E-state index in [1.807, 2.05) is 6.92 Å². The lowest BCUT2D eigenvalue weighted by atomic mass is 10.1. The summed E-state index contributed by atoms with van der Waals surface area (Å²) in [6.07, 6.45) is 2.58. The second-order valence-corrected chi connectivity index (χ2v) is 12.5. The van der Waals surface area contributed by atoms with Gasteiger partial charge in [0.15, 0.2) is 9.84 Å². The van der Waals surface area contributed by atoms with E-state index in [1.165, 1.54) is 28.8 Å². The first-order valence-corrected chi connectivity index (χ1v) is 14.2. The van der Waals surface area contributed by atoms with Crippen molar-refractivity contribution in [1.29, 1.82) is 0 Å². The number of amides is 2. The van der Waals surface area contributed by atoms with Crippen LogP contribution in [0.4, 0.5) is 4.39 Å². The molecule has 1 unspecified atom stereocenters. The number of furan rings is 1. The number of nitrogens with zero attached hydrogens (tertiary/aromatic N) is 2. The van der Waals surface area contributed by atoms with Crippen LogP contribution in [-0.4, -0.2) is 58.4 Å². The highest BCUT2D eigenvalue weighted by Gasteiger charge is 2.36. The Labute approximate surface area is 213 Å². The minimum Gasteiger partial charge on any atom is -0.464 e. The Morgan fingerprint density at radius 2 is 2.03 bits per heavy atom. The van der Waals surface area contributed by atoms with Gasteiger partial charge in [-0.25, -0.2) is 12.8 Å². The molecule has 2 fully saturated rings. The minimum absolute atomic E-state index is 0.0543. The Morgan fingerprint density at radius 1 is 1.29 bits per heavy atom. The molecule has 2 aliphatic rings. The molecule has 7 nitrogen and oxygen atoms in total. The van der Waals surface area contributed by atoms with Gasteiger partial charge in [-0.3, -0.25) is 14.5 Å². The highest BCUT2D eigenvalue weighted by atomic mass is 32.2. The van der Waals surface area contributed by atoms with Crippen LogP contribution in [-0.2, 0) is 26.0 Å². The molecule has 35 heavy (non-hydrogen) atoms. The monoisotopic (exact) mass is 536 g/mol. The van der Waals surface area contributed by atoms with Crippen molar-refractivity contribution < 1.29 is 26.8 Å². The van der Waals surface area contributed by atoms with Gasteiger partial charge in [-0.1, -0.05) is 36.1 Å². The fourth-order valence-electron chi connectivity index (χ4n) is 4.12. The molecule has 4 rings (SSSR count). The first kappa shape index (κ1) is 25.6. The van der Waals surface area contributed by atoms with E-state index in [4.69, 9.17) is 16.6 Å². The van der Waals surface area contributed by atoms with Crippen LogP contribution in [0.3, 0.4) is 0 Å². The second kappa shape index (κ2) is 10.6. The predicted molar refractivity (Wildman–Crippen MR) is 137 cm³/mol. The van der Waals surface area contributed by atoms with Crippen molar-refractivity contribution >= 4 is 56.0 Å². The van der Waals surface area contributed by atoms with Crippen molar-refractivity contribution in [2.45, 2.75) is 38.8 Å². The van der Waals surface area contributed by atoms with Crippen molar-refractivity contribution in [3.63, 3.8) is 0 Å². The summed E-state index contributed by atoms with van der Waals surface area (Å²) in [4.78, 5) is 29.4. The van der Waals surface area contributed by atoms with Gasteiger partial charge in [0, 0.05) is 19.0 Å². The van der Waals surface area contributed by atoms with E-state index >= 15 is 0 Å². The molecule has 1 atom stereocenters. The molecule has 1 aromatic carbocycles. The van der Waals surface area contributed by atoms with E-state index in [2.05, 4.69) is 0 Å². The molecule has 2 aliphatic heterocycles. The molecule has 0 saturated carbocycles. The van der Waals surface area contributed by atoms with Crippen LogP contribution in [0.5, 0.6) is 0 Å². The summed E-state index contributed by atoms with van der Waals surface area (Å²) in [5, 5.41) is 0. The summed E-state index contributed by atoms with van der Waals surface area (Å²) in [5.41, 5.74) is 0.692. The maximum atomic E-state index is 13.1. The van der Waals surface area contributed by atoms with Gasteiger partial charge in [-0.15, -0.1) is 0 Å². The van der Waals surface area contributed by atoms with Crippen molar-refractivity contribution in [2.75, 3.05) is 18.1 Å². The molecule has 11 heteroatoms. The summed E-state index contributed by atoms with van der Waals surface area (Å²) < 4.78 is 43.2. The molecule has 0 bridgehead atoms. The molecule has 2 amide bonds. The number of thiocarbonyl (C=S) groups is 1. The number of hydrogen-bond donors (Lipinski definition) is 0. The smallest absolute Gasteiger partial charge is 0.266 e. The molecule has 1 aromatic heterocycles. The van der Waals surface area contributed by atoms with Crippen LogP contribution in [0, 0.1) is 12.7 Å². The molecule has 0 radical (unpaired) electrons. The maximum Gasteiger partial charge on any atom is 0.266 e. The molecule has 0 spiro atoms. The van der Waals surface area contributed by atoms with Crippen LogP contribution < -0.4 is 0 Å². The van der Waals surface area contributed by atoms with E-state index in [9.17, 15) is 22.4 Å². The second-order valence-electron chi connectivity index (χ2n) is 8.58. The van der Waals surface area contributed by atoms with Crippen LogP contribution in [0.1, 0.15) is 36.3 Å². The van der Waals surface area contributed by atoms with E-state index in [1.54, 1.807) is 35.2 Å². The standard InChI is InChI=1S/C24H25FN2O5S3/c1-16-4-9-20(32-16)14-27(19-10-12-35(30,31)15-19)22(28)3-2-11-26-23(29)21(34-24(26)33)13-17-5-7-18(25)8-6-17/h4-9,13,19H,2-3,10-12,14-15H2,1H3/b21-13-. The van der Waals surface area contributed by atoms with E-state index in [-0.39, 0.29) is 48.6 Å². The fraction of sp³-hybridized carbons (Fsp3) is 0.375. The van der Waals surface area contributed by atoms with Crippen LogP contribution in [0.25, 0.3) is 6.08 Å². The normalized spacial score (nSPS) is 20.7. The number of thioether (sulfide) groups is 1. The zero-order valence-corrected chi connectivity index (χ0v) is 21.6. The zero-order valence-electron chi connectivity index (χ0n) is 19.1. The quantitative estimate of drug-likeness (QED) is 0.373. The number of benzene rings is 1. The molecule has 0 aliphatic carbocycles. The van der Waals surface area contributed by atoms with Crippen molar-refractivity contribution in [1.82, 2.24) is 9.80 Å². The predicted octanol–water partition coefficient (Wildman–Crippen LogP) is 3.92. The number of carbonyl (C=O) groups excluding carboxylic acids is 2. The van der Waals surface area contributed by atoms with Gasteiger partial charge in [-0.05, 0) is 55.7 Å². The molecular formula is C24H25FN2O5S3. The van der Waals surface area contributed by atoms with Crippen molar-refractivity contribution in [3.05, 3.63) is 64.2 Å². The third-order valence-corrected chi connectivity index (χ3v) is 9.03. The third kappa shape index (κ3) is 6.39. The van der Waals surface area contributed by atoms with Gasteiger partial charge in [0.05, 0.1) is 23.0 Å². The SMILES string of the molecule is Cc1ccc(CN(C(=O)CCCN2C(=O)/C(=C/c3ccc(F)cc3)SC2=S)C2CCS(=O)(=O)C2)o1. The maximum absolute atomic E-state index is 13.1. The Balaban J connectivity index is 1.38. The van der Waals surface area contributed by atoms with Gasteiger partial charge in [-0.2, -0.15) is 0 Å². The van der Waals surface area contributed by atoms with Gasteiger partial charge >= 0.3 is 0 Å². The van der Waals surface area contributed by atoms with Crippen LogP contribution >= 0.6 is 24.0 Å². The molecule has 186 valence electrons. The van der Waals surface area contributed by atoms with E-state index in [0.29, 0.717) is 33.4 Å². The molecule has 2 saturated heterocycles. The summed E-state index contributed by atoms with van der Waals surface area (Å²) in [5.74, 6) is 0.537. The van der Waals surface area contributed by atoms with E-state index in [0.717, 1.165) is 5.76 Å². The third-order valence-electron chi connectivity index (χ3n) is 5.91. The van der Waals surface area contributed by atoms with Gasteiger partial charge in [0.1, 0.15) is 21.7 Å². The van der Waals surface area contributed by atoms with Crippen LogP contribution in [0.15, 0.2) is 45.7 Å². The summed E-state index contributed by atoms with van der Waals surface area (Å²) in [7, 11) is -3.17. The highest BCUT2D eigenvalue weighted by molar-refractivity contribution is 8.26. The number of rotatable bonds is 8. The Kier molecular flexibility index (Phi) is 7.77. The number of sulfone groups is 1. The summed E-state index contributed by atoms with van der Waals surface area (Å²) in [6, 6.07) is 9.00. The van der Waals surface area contributed by atoms with Gasteiger partial charge in [0.2, 0.25) is 5.91 Å². The highest BCUT2D eigenvalue weighted by Crippen LogP contribution is 2.33. The lowest BCUT2D eigenvalue weighted by molar-refractivity contribution is -0.134. The molecular weight excluding hydrogens is 511 g/mol. The van der Waals surface area contributed by atoms with E-state index < -0.39 is 15.9 Å². The average molecular weight is 537 g/mol. The van der Waals surface area contributed by atoms with Crippen molar-refractivity contribution in [2.24, 2.45) is 0 Å². The number of halogens is 1. The summed E-state index contributed by atoms with van der Waals surface area (Å²) in [6.45, 7) is 2.28. The van der Waals surface area contributed by atoms with Crippen molar-refractivity contribution in [3.8, 4) is 0 Å². The number of carbonyl (C=O) groups is 2. The number of aryl methyl sites for hydroxylation is 1. The molecule has 0 N–H and O–H groups in total. The fourth-order valence-corrected chi connectivity index (χ4v) is 7.15. The summed E-state index contributed by atoms with van der Waals surface area (Å²) >= 11 is 6.53. The Morgan fingerprint density at radius 3 is 2.66 bits per heavy atom. The lowest BCUT2D eigenvalue weighted by Crippen LogP contribution is -2.41. The molecule has 3 heterocycles. The average Bonchev–Trinajstić information content (AvgIpc) is 3.46. The largest absolute Gasteiger partial charge is 0.464 e. The number of hydrogen-bond acceptors (Lipinski definition) is 7. The van der Waals surface area contributed by atoms with Gasteiger partial charge in [0.25, 0.3) is 5.91 Å².